The van der Waals surface area contributed by atoms with Crippen molar-refractivity contribution in [2.45, 2.75) is 64.1 Å². The Morgan fingerprint density at radius 2 is 2.22 bits per heavy atom. The number of pyridine rings is 1. The summed E-state index contributed by atoms with van der Waals surface area (Å²) in [6.45, 7) is 7.58. The van der Waals surface area contributed by atoms with E-state index in [1.807, 2.05) is 0 Å². The minimum absolute atomic E-state index is 0.170. The van der Waals surface area contributed by atoms with Crippen molar-refractivity contribution in [2.24, 2.45) is 5.92 Å². The third-order valence-corrected chi connectivity index (χ3v) is 5.48. The molecule has 1 aliphatic carbocycles. The molecule has 126 valence electrons. The van der Waals surface area contributed by atoms with Gasteiger partial charge in [0.25, 0.3) is 0 Å². The topological polar surface area (TPSA) is 37.4 Å². The standard InChI is InChI=1S/C19H29N3O/c1-3-4-18(23-12-14-5-6-14)17-8-7-15-9-16-11-20-10-13(2)22(16)19(15)21-17/h7-8,13-14,16,18,20H,3-6,9-12H2,1-2H3/t13-,16-,18-/m1/s1. The van der Waals surface area contributed by atoms with Crippen molar-refractivity contribution in [1.29, 1.82) is 0 Å². The first-order valence-electron chi connectivity index (χ1n) is 9.36. The van der Waals surface area contributed by atoms with Gasteiger partial charge in [0.1, 0.15) is 5.82 Å². The summed E-state index contributed by atoms with van der Waals surface area (Å²) in [5.41, 5.74) is 2.55. The van der Waals surface area contributed by atoms with Gasteiger partial charge in [-0.25, -0.2) is 4.98 Å². The monoisotopic (exact) mass is 315 g/mol. The fourth-order valence-electron chi connectivity index (χ4n) is 3.99. The summed E-state index contributed by atoms with van der Waals surface area (Å²) in [7, 11) is 0. The van der Waals surface area contributed by atoms with Crippen LogP contribution >= 0.6 is 0 Å². The van der Waals surface area contributed by atoms with Gasteiger partial charge in [-0.15, -0.1) is 0 Å². The van der Waals surface area contributed by atoms with Crippen molar-refractivity contribution in [2.75, 3.05) is 24.6 Å². The van der Waals surface area contributed by atoms with Crippen molar-refractivity contribution < 1.29 is 4.74 Å². The number of anilines is 1. The molecule has 3 atom stereocenters. The molecule has 1 aromatic heterocycles. The summed E-state index contributed by atoms with van der Waals surface area (Å²) >= 11 is 0. The molecule has 0 aromatic carbocycles. The van der Waals surface area contributed by atoms with Crippen LogP contribution in [0.5, 0.6) is 0 Å². The predicted molar refractivity (Wildman–Crippen MR) is 92.9 cm³/mol. The molecule has 0 amide bonds. The van der Waals surface area contributed by atoms with E-state index in [9.17, 15) is 0 Å². The summed E-state index contributed by atoms with van der Waals surface area (Å²) in [5, 5.41) is 3.54. The SMILES string of the molecule is CCC[C@@H](OCC1CC1)c1ccc2c(n1)N1[C@@H](CNC[C@H]1C)C2. The smallest absolute Gasteiger partial charge is 0.132 e. The van der Waals surface area contributed by atoms with Gasteiger partial charge >= 0.3 is 0 Å². The third-order valence-electron chi connectivity index (χ3n) is 5.48. The number of rotatable bonds is 6. The van der Waals surface area contributed by atoms with Crippen molar-refractivity contribution in [3.05, 3.63) is 23.4 Å². The van der Waals surface area contributed by atoms with Crippen LogP contribution in [0.25, 0.3) is 0 Å². The number of piperazine rings is 1. The number of nitrogens with zero attached hydrogens (tertiary/aromatic N) is 2. The highest BCUT2D eigenvalue weighted by Crippen LogP contribution is 2.36. The molecule has 0 spiro atoms. The van der Waals surface area contributed by atoms with Gasteiger partial charge in [0.15, 0.2) is 0 Å². The van der Waals surface area contributed by atoms with Gasteiger partial charge in [0.05, 0.1) is 18.4 Å². The van der Waals surface area contributed by atoms with Crippen LogP contribution in [-0.2, 0) is 11.2 Å². The first-order chi connectivity index (χ1) is 11.3. The number of nitrogens with one attached hydrogen (secondary N) is 1. The molecule has 4 nitrogen and oxygen atoms in total. The van der Waals surface area contributed by atoms with Gasteiger partial charge in [0.2, 0.25) is 0 Å². The zero-order valence-electron chi connectivity index (χ0n) is 14.4. The van der Waals surface area contributed by atoms with E-state index in [0.717, 1.165) is 50.6 Å². The Balaban J connectivity index is 1.56. The molecule has 0 unspecified atom stereocenters. The Labute approximate surface area is 139 Å². The van der Waals surface area contributed by atoms with E-state index in [2.05, 4.69) is 36.2 Å². The van der Waals surface area contributed by atoms with Crippen molar-refractivity contribution >= 4 is 5.82 Å². The largest absolute Gasteiger partial charge is 0.372 e. The van der Waals surface area contributed by atoms with Crippen LogP contribution in [-0.4, -0.2) is 36.8 Å². The lowest BCUT2D eigenvalue weighted by atomic mass is 10.1. The van der Waals surface area contributed by atoms with Gasteiger partial charge in [-0.3, -0.25) is 0 Å². The van der Waals surface area contributed by atoms with Crippen LogP contribution in [0.3, 0.4) is 0 Å². The van der Waals surface area contributed by atoms with Gasteiger partial charge in [0, 0.05) is 25.2 Å². The number of hydrogen-bond acceptors (Lipinski definition) is 4. The average Bonchev–Trinajstić information content (AvgIpc) is 3.30. The summed E-state index contributed by atoms with van der Waals surface area (Å²) in [4.78, 5) is 7.62. The van der Waals surface area contributed by atoms with E-state index >= 15 is 0 Å². The minimum Gasteiger partial charge on any atom is -0.372 e. The normalized spacial score (nSPS) is 27.7. The van der Waals surface area contributed by atoms with Gasteiger partial charge in [-0.05, 0) is 50.2 Å². The quantitative estimate of drug-likeness (QED) is 0.875. The summed E-state index contributed by atoms with van der Waals surface area (Å²) in [6, 6.07) is 5.61. The van der Waals surface area contributed by atoms with Crippen LogP contribution in [0.15, 0.2) is 12.1 Å². The molecular formula is C19H29N3O. The van der Waals surface area contributed by atoms with Gasteiger partial charge < -0.3 is 15.0 Å². The van der Waals surface area contributed by atoms with E-state index < -0.39 is 0 Å². The second-order valence-electron chi connectivity index (χ2n) is 7.55. The molecule has 3 heterocycles. The molecule has 0 radical (unpaired) electrons. The van der Waals surface area contributed by atoms with Crippen LogP contribution in [0.1, 0.15) is 56.9 Å². The van der Waals surface area contributed by atoms with E-state index in [-0.39, 0.29) is 6.10 Å². The lowest BCUT2D eigenvalue weighted by Crippen LogP contribution is -2.55. The number of fused-ring (bicyclic) bond motifs is 3. The first kappa shape index (κ1) is 15.4. The minimum atomic E-state index is 0.170. The van der Waals surface area contributed by atoms with Crippen molar-refractivity contribution in [3.63, 3.8) is 0 Å². The Hall–Kier alpha value is -1.13. The Bertz CT molecular complexity index is 558. The van der Waals surface area contributed by atoms with Crippen molar-refractivity contribution in [3.8, 4) is 0 Å². The fourth-order valence-corrected chi connectivity index (χ4v) is 3.99. The summed E-state index contributed by atoms with van der Waals surface area (Å²) < 4.78 is 6.22. The first-order valence-corrected chi connectivity index (χ1v) is 9.36. The molecule has 1 saturated heterocycles. The maximum absolute atomic E-state index is 6.22. The average molecular weight is 315 g/mol. The van der Waals surface area contributed by atoms with Gasteiger partial charge in [-0.2, -0.15) is 0 Å². The van der Waals surface area contributed by atoms with Crippen LogP contribution in [0, 0.1) is 5.92 Å². The van der Waals surface area contributed by atoms with E-state index in [4.69, 9.17) is 9.72 Å². The molecule has 3 aliphatic rings. The zero-order valence-corrected chi connectivity index (χ0v) is 14.4. The molecule has 2 aliphatic heterocycles. The highest BCUT2D eigenvalue weighted by atomic mass is 16.5. The Morgan fingerprint density at radius 1 is 1.35 bits per heavy atom. The predicted octanol–water partition coefficient (Wildman–Crippen LogP) is 3.07. The molecule has 1 saturated carbocycles. The molecule has 4 heteroatoms. The maximum Gasteiger partial charge on any atom is 0.132 e. The maximum atomic E-state index is 6.22. The summed E-state index contributed by atoms with van der Waals surface area (Å²) in [5.74, 6) is 2.03. The van der Waals surface area contributed by atoms with Crippen LogP contribution in [0.4, 0.5) is 5.82 Å². The van der Waals surface area contributed by atoms with Crippen molar-refractivity contribution in [1.82, 2.24) is 10.3 Å². The fraction of sp³-hybridized carbons (Fsp3) is 0.737. The highest BCUT2D eigenvalue weighted by molar-refractivity contribution is 5.56. The lowest BCUT2D eigenvalue weighted by Gasteiger charge is -2.38. The Kier molecular flexibility index (Phi) is 4.29. The molecule has 1 N–H and O–H groups in total. The zero-order chi connectivity index (χ0) is 15.8. The van der Waals surface area contributed by atoms with Crippen LogP contribution < -0.4 is 10.2 Å². The molecule has 23 heavy (non-hydrogen) atoms. The van der Waals surface area contributed by atoms with E-state index in [1.54, 1.807) is 0 Å². The third kappa shape index (κ3) is 3.11. The second-order valence-corrected chi connectivity index (χ2v) is 7.55. The lowest BCUT2D eigenvalue weighted by molar-refractivity contribution is 0.0362. The number of aromatic nitrogens is 1. The van der Waals surface area contributed by atoms with E-state index in [0.29, 0.717) is 12.1 Å². The highest BCUT2D eigenvalue weighted by Gasteiger charge is 2.36. The van der Waals surface area contributed by atoms with E-state index in [1.165, 1.54) is 24.2 Å². The van der Waals surface area contributed by atoms with Crippen LogP contribution in [0.2, 0.25) is 0 Å². The molecule has 2 fully saturated rings. The molecule has 4 rings (SSSR count). The molecule has 0 bridgehead atoms. The molecular weight excluding hydrogens is 286 g/mol. The summed E-state index contributed by atoms with van der Waals surface area (Å²) in [6.07, 6.45) is 6.19. The molecule has 1 aromatic rings. The Morgan fingerprint density at radius 3 is 3.00 bits per heavy atom. The number of hydrogen-bond donors (Lipinski definition) is 1. The number of ether oxygens (including phenoxy) is 1. The second kappa shape index (κ2) is 6.40. The van der Waals surface area contributed by atoms with Gasteiger partial charge in [-0.1, -0.05) is 19.4 Å².